The topological polar surface area (TPSA) is 59.0 Å². The summed E-state index contributed by atoms with van der Waals surface area (Å²) < 4.78 is 0. The molecular formula is C18H16N4OS2. The minimum atomic E-state index is -0.0708. The summed E-state index contributed by atoms with van der Waals surface area (Å²) in [5, 5.41) is 2.82. The van der Waals surface area contributed by atoms with Crippen molar-refractivity contribution < 1.29 is 4.79 Å². The van der Waals surface area contributed by atoms with Gasteiger partial charge in [0.15, 0.2) is 0 Å². The van der Waals surface area contributed by atoms with Crippen LogP contribution in [0.5, 0.6) is 0 Å². The molecule has 1 amide bonds. The predicted molar refractivity (Wildman–Crippen MR) is 101 cm³/mol. The van der Waals surface area contributed by atoms with Crippen LogP contribution in [-0.2, 0) is 0 Å². The zero-order valence-electron chi connectivity index (χ0n) is 13.8. The summed E-state index contributed by atoms with van der Waals surface area (Å²) in [6.45, 7) is 4.24. The summed E-state index contributed by atoms with van der Waals surface area (Å²) in [4.78, 5) is 29.0. The highest BCUT2D eigenvalue weighted by atomic mass is 32.2. The molecule has 1 aromatic carbocycles. The Kier molecular flexibility index (Phi) is 4.27. The fourth-order valence-electron chi connectivity index (χ4n) is 2.80. The van der Waals surface area contributed by atoms with Gasteiger partial charge in [0.25, 0.3) is 5.91 Å². The number of para-hydroxylation sites is 1. The van der Waals surface area contributed by atoms with Gasteiger partial charge in [-0.1, -0.05) is 19.1 Å². The summed E-state index contributed by atoms with van der Waals surface area (Å²) >= 11 is 3.22. The number of carbonyl (C=O) groups excluding carboxylic acids is 1. The van der Waals surface area contributed by atoms with Crippen LogP contribution in [0, 0.1) is 0 Å². The van der Waals surface area contributed by atoms with Crippen molar-refractivity contribution in [3.05, 3.63) is 53.9 Å². The Morgan fingerprint density at radius 2 is 2.04 bits per heavy atom. The minimum absolute atomic E-state index is 0.0708. The number of benzene rings is 1. The summed E-state index contributed by atoms with van der Waals surface area (Å²) in [6, 6.07) is 8.13. The maximum atomic E-state index is 13.2. The Labute approximate surface area is 154 Å². The Morgan fingerprint density at radius 3 is 2.84 bits per heavy atom. The zero-order valence-corrected chi connectivity index (χ0v) is 15.4. The molecule has 5 nitrogen and oxygen atoms in total. The Bertz CT molecular complexity index is 912. The molecule has 0 aliphatic carbocycles. The molecule has 0 radical (unpaired) electrons. The SMILES string of the molecule is C[C@@H]1[C@@H](C)Sc2ccccc2N1C(=O)c1csc(-c2cnccn2)n1. The number of thioether (sulfide) groups is 1. The molecule has 0 unspecified atom stereocenters. The van der Waals surface area contributed by atoms with Crippen molar-refractivity contribution in [2.24, 2.45) is 0 Å². The number of thiazole rings is 1. The van der Waals surface area contributed by atoms with E-state index < -0.39 is 0 Å². The fraction of sp³-hybridized carbons (Fsp3) is 0.222. The van der Waals surface area contributed by atoms with Crippen LogP contribution in [0.1, 0.15) is 24.3 Å². The largest absolute Gasteiger partial charge is 0.302 e. The first-order chi connectivity index (χ1) is 12.1. The van der Waals surface area contributed by atoms with Gasteiger partial charge in [0.2, 0.25) is 0 Å². The van der Waals surface area contributed by atoms with E-state index in [-0.39, 0.29) is 11.9 Å². The lowest BCUT2D eigenvalue weighted by atomic mass is 10.1. The molecule has 3 aromatic rings. The molecule has 0 fully saturated rings. The molecule has 25 heavy (non-hydrogen) atoms. The van der Waals surface area contributed by atoms with Crippen LogP contribution in [0.25, 0.3) is 10.7 Å². The number of aromatic nitrogens is 3. The molecule has 0 saturated heterocycles. The maximum absolute atomic E-state index is 13.2. The van der Waals surface area contributed by atoms with E-state index >= 15 is 0 Å². The van der Waals surface area contributed by atoms with E-state index in [0.717, 1.165) is 10.6 Å². The first-order valence-corrected chi connectivity index (χ1v) is 9.72. The van der Waals surface area contributed by atoms with Crippen molar-refractivity contribution in [1.29, 1.82) is 0 Å². The molecule has 0 N–H and O–H groups in total. The fourth-order valence-corrected chi connectivity index (χ4v) is 4.72. The number of hydrogen-bond acceptors (Lipinski definition) is 6. The van der Waals surface area contributed by atoms with Crippen LogP contribution in [0.3, 0.4) is 0 Å². The van der Waals surface area contributed by atoms with Crippen molar-refractivity contribution in [3.8, 4) is 10.7 Å². The average molecular weight is 368 g/mol. The van der Waals surface area contributed by atoms with Crippen LogP contribution in [0.4, 0.5) is 5.69 Å². The molecule has 0 saturated carbocycles. The predicted octanol–water partition coefficient (Wildman–Crippen LogP) is 4.13. The zero-order chi connectivity index (χ0) is 17.4. The van der Waals surface area contributed by atoms with E-state index in [4.69, 9.17) is 0 Å². The lowest BCUT2D eigenvalue weighted by molar-refractivity contribution is 0.0973. The van der Waals surface area contributed by atoms with Gasteiger partial charge in [-0.25, -0.2) is 4.98 Å². The van der Waals surface area contributed by atoms with Gasteiger partial charge in [-0.15, -0.1) is 23.1 Å². The van der Waals surface area contributed by atoms with Crippen molar-refractivity contribution in [2.45, 2.75) is 30.0 Å². The third kappa shape index (κ3) is 2.94. The molecule has 2 atom stereocenters. The first-order valence-electron chi connectivity index (χ1n) is 7.96. The van der Waals surface area contributed by atoms with Crippen molar-refractivity contribution in [1.82, 2.24) is 15.0 Å². The smallest absolute Gasteiger partial charge is 0.278 e. The van der Waals surface area contributed by atoms with Crippen molar-refractivity contribution in [2.75, 3.05) is 4.90 Å². The molecule has 7 heteroatoms. The van der Waals surface area contributed by atoms with E-state index in [1.165, 1.54) is 11.3 Å². The van der Waals surface area contributed by atoms with Crippen molar-refractivity contribution >= 4 is 34.7 Å². The van der Waals surface area contributed by atoms with Crippen LogP contribution < -0.4 is 4.90 Å². The second-order valence-corrected chi connectivity index (χ2v) is 8.11. The normalized spacial score (nSPS) is 19.5. The van der Waals surface area contributed by atoms with Gasteiger partial charge < -0.3 is 4.90 Å². The van der Waals surface area contributed by atoms with E-state index in [2.05, 4.69) is 34.9 Å². The number of anilines is 1. The molecule has 1 aliphatic heterocycles. The van der Waals surface area contributed by atoms with Gasteiger partial charge in [0.05, 0.1) is 11.9 Å². The molecule has 126 valence electrons. The Hall–Kier alpha value is -2.25. The number of rotatable bonds is 2. The Balaban J connectivity index is 1.70. The van der Waals surface area contributed by atoms with Gasteiger partial charge in [0, 0.05) is 34.0 Å². The highest BCUT2D eigenvalue weighted by Crippen LogP contribution is 2.42. The number of carbonyl (C=O) groups is 1. The molecule has 4 rings (SSSR count). The van der Waals surface area contributed by atoms with Gasteiger partial charge in [0.1, 0.15) is 16.4 Å². The number of nitrogens with zero attached hydrogens (tertiary/aromatic N) is 4. The lowest BCUT2D eigenvalue weighted by Gasteiger charge is -2.38. The molecule has 0 bridgehead atoms. The highest BCUT2D eigenvalue weighted by molar-refractivity contribution is 8.00. The van der Waals surface area contributed by atoms with Crippen LogP contribution in [0.2, 0.25) is 0 Å². The van der Waals surface area contributed by atoms with Crippen molar-refractivity contribution in [3.63, 3.8) is 0 Å². The first kappa shape index (κ1) is 16.2. The van der Waals surface area contributed by atoms with E-state index in [1.54, 1.807) is 24.0 Å². The Morgan fingerprint density at radius 1 is 1.20 bits per heavy atom. The van der Waals surface area contributed by atoms with E-state index in [9.17, 15) is 4.79 Å². The lowest BCUT2D eigenvalue weighted by Crippen LogP contribution is -2.46. The maximum Gasteiger partial charge on any atom is 0.278 e. The number of amides is 1. The quantitative estimate of drug-likeness (QED) is 0.681. The van der Waals surface area contributed by atoms with Gasteiger partial charge >= 0.3 is 0 Å². The molecule has 1 aliphatic rings. The van der Waals surface area contributed by atoms with Crippen LogP contribution in [-0.4, -0.2) is 32.2 Å². The van der Waals surface area contributed by atoms with E-state index in [1.807, 2.05) is 34.9 Å². The molecule has 3 heterocycles. The third-order valence-electron chi connectivity index (χ3n) is 4.25. The van der Waals surface area contributed by atoms with Crippen LogP contribution >= 0.6 is 23.1 Å². The van der Waals surface area contributed by atoms with Gasteiger partial charge in [-0.2, -0.15) is 0 Å². The second-order valence-electron chi connectivity index (χ2n) is 5.84. The minimum Gasteiger partial charge on any atom is -0.302 e. The monoisotopic (exact) mass is 368 g/mol. The summed E-state index contributed by atoms with van der Waals surface area (Å²) in [7, 11) is 0. The summed E-state index contributed by atoms with van der Waals surface area (Å²) in [6.07, 6.45) is 4.90. The molecular weight excluding hydrogens is 352 g/mol. The van der Waals surface area contributed by atoms with Crippen LogP contribution in [0.15, 0.2) is 53.1 Å². The molecule has 2 aromatic heterocycles. The van der Waals surface area contributed by atoms with E-state index in [0.29, 0.717) is 21.6 Å². The highest BCUT2D eigenvalue weighted by Gasteiger charge is 2.34. The summed E-state index contributed by atoms with van der Waals surface area (Å²) in [5.74, 6) is -0.0708. The standard InChI is InChI=1S/C18H16N4OS2/c1-11-12(2)25-16-6-4-3-5-15(16)22(11)18(23)14-10-24-17(21-14)13-9-19-7-8-20-13/h3-12H,1-2H3/t11-,12-/m1/s1. The number of hydrogen-bond donors (Lipinski definition) is 0. The average Bonchev–Trinajstić information content (AvgIpc) is 3.13. The van der Waals surface area contributed by atoms with Gasteiger partial charge in [-0.3, -0.25) is 14.8 Å². The van der Waals surface area contributed by atoms with Gasteiger partial charge in [-0.05, 0) is 19.1 Å². The molecule has 0 spiro atoms. The summed E-state index contributed by atoms with van der Waals surface area (Å²) in [5.41, 5.74) is 2.09. The number of fused-ring (bicyclic) bond motifs is 1. The third-order valence-corrected chi connectivity index (χ3v) is 6.48. The second kappa shape index (κ2) is 6.57.